The van der Waals surface area contributed by atoms with Gasteiger partial charge in [0.15, 0.2) is 0 Å². The van der Waals surface area contributed by atoms with E-state index in [4.69, 9.17) is 0 Å². The monoisotopic (exact) mass is 467 g/mol. The van der Waals surface area contributed by atoms with Crippen LogP contribution in [-0.4, -0.2) is 28.4 Å². The van der Waals surface area contributed by atoms with Crippen LogP contribution < -0.4 is 4.90 Å². The highest BCUT2D eigenvalue weighted by Crippen LogP contribution is 2.33. The molecule has 1 amide bonds. The van der Waals surface area contributed by atoms with Crippen LogP contribution in [0.4, 0.5) is 10.1 Å². The molecule has 0 saturated heterocycles. The lowest BCUT2D eigenvalue weighted by molar-refractivity contribution is -0.116. The number of halogens is 1. The molecule has 0 N–H and O–H groups in total. The second kappa shape index (κ2) is 9.61. The largest absolute Gasteiger partial charge is 0.311 e. The SMILES string of the molecule is CCN(C(=O)CSc1nnc(-c2ccc(F)cc2)c2ccccc12)c1cccc2ccccc12. The van der Waals surface area contributed by atoms with E-state index in [-0.39, 0.29) is 17.5 Å². The van der Waals surface area contributed by atoms with E-state index in [2.05, 4.69) is 22.3 Å². The molecular weight excluding hydrogens is 445 g/mol. The number of aromatic nitrogens is 2. The summed E-state index contributed by atoms with van der Waals surface area (Å²) in [6, 6.07) is 28.2. The van der Waals surface area contributed by atoms with Crippen LogP contribution in [0.25, 0.3) is 32.8 Å². The van der Waals surface area contributed by atoms with Crippen molar-refractivity contribution in [2.24, 2.45) is 0 Å². The van der Waals surface area contributed by atoms with Crippen molar-refractivity contribution < 1.29 is 9.18 Å². The summed E-state index contributed by atoms with van der Waals surface area (Å²) in [5.74, 6) is -0.0400. The third kappa shape index (κ3) is 4.24. The van der Waals surface area contributed by atoms with Crippen molar-refractivity contribution in [2.45, 2.75) is 11.9 Å². The van der Waals surface area contributed by atoms with Crippen molar-refractivity contribution >= 4 is 44.9 Å². The number of rotatable bonds is 6. The van der Waals surface area contributed by atoms with Gasteiger partial charge in [0.2, 0.25) is 5.91 Å². The van der Waals surface area contributed by atoms with Gasteiger partial charge in [-0.25, -0.2) is 4.39 Å². The van der Waals surface area contributed by atoms with Gasteiger partial charge in [0.05, 0.1) is 11.4 Å². The number of amides is 1. The molecule has 1 heterocycles. The minimum absolute atomic E-state index is 0.0114. The molecule has 6 heteroatoms. The van der Waals surface area contributed by atoms with Crippen molar-refractivity contribution in [1.29, 1.82) is 0 Å². The van der Waals surface area contributed by atoms with E-state index < -0.39 is 0 Å². The van der Waals surface area contributed by atoms with E-state index in [1.807, 2.05) is 66.4 Å². The van der Waals surface area contributed by atoms with Gasteiger partial charge in [-0.05, 0) is 42.6 Å². The van der Waals surface area contributed by atoms with Crippen LogP contribution >= 0.6 is 11.8 Å². The van der Waals surface area contributed by atoms with Crippen molar-refractivity contribution in [3.05, 3.63) is 96.8 Å². The van der Waals surface area contributed by atoms with Crippen LogP contribution in [-0.2, 0) is 4.79 Å². The minimum atomic E-state index is -0.293. The maximum atomic E-state index is 13.4. The molecule has 4 aromatic carbocycles. The van der Waals surface area contributed by atoms with Crippen molar-refractivity contribution in [1.82, 2.24) is 10.2 Å². The first-order valence-corrected chi connectivity index (χ1v) is 12.1. The number of fused-ring (bicyclic) bond motifs is 2. The molecule has 0 unspecified atom stereocenters. The minimum Gasteiger partial charge on any atom is -0.311 e. The molecule has 0 aliphatic heterocycles. The van der Waals surface area contributed by atoms with Gasteiger partial charge in [0.25, 0.3) is 0 Å². The van der Waals surface area contributed by atoms with Gasteiger partial charge < -0.3 is 4.90 Å². The Morgan fingerprint density at radius 3 is 2.26 bits per heavy atom. The Hall–Kier alpha value is -3.77. The zero-order valence-electron chi connectivity index (χ0n) is 18.6. The zero-order chi connectivity index (χ0) is 23.5. The van der Waals surface area contributed by atoms with Crippen molar-refractivity contribution in [2.75, 3.05) is 17.2 Å². The number of benzene rings is 4. The first-order valence-electron chi connectivity index (χ1n) is 11.1. The number of hydrogen-bond donors (Lipinski definition) is 0. The molecule has 1 aromatic heterocycles. The van der Waals surface area contributed by atoms with Crippen molar-refractivity contribution in [3.63, 3.8) is 0 Å². The Labute approximate surface area is 201 Å². The molecule has 4 nitrogen and oxygen atoms in total. The van der Waals surface area contributed by atoms with Crippen LogP contribution in [0.3, 0.4) is 0 Å². The summed E-state index contributed by atoms with van der Waals surface area (Å²) in [6.07, 6.45) is 0. The summed E-state index contributed by atoms with van der Waals surface area (Å²) in [5.41, 5.74) is 2.40. The molecule has 0 spiro atoms. The Kier molecular flexibility index (Phi) is 6.23. The van der Waals surface area contributed by atoms with Crippen molar-refractivity contribution in [3.8, 4) is 11.3 Å². The van der Waals surface area contributed by atoms with Crippen LogP contribution in [0, 0.1) is 5.82 Å². The van der Waals surface area contributed by atoms with E-state index in [1.54, 1.807) is 12.1 Å². The van der Waals surface area contributed by atoms with E-state index >= 15 is 0 Å². The summed E-state index contributed by atoms with van der Waals surface area (Å²) in [5, 5.41) is 13.6. The lowest BCUT2D eigenvalue weighted by Gasteiger charge is -2.22. The van der Waals surface area contributed by atoms with Gasteiger partial charge in [0, 0.05) is 28.3 Å². The highest BCUT2D eigenvalue weighted by Gasteiger charge is 2.18. The first kappa shape index (κ1) is 22.0. The molecule has 34 heavy (non-hydrogen) atoms. The Bertz CT molecular complexity index is 1480. The number of hydrogen-bond acceptors (Lipinski definition) is 4. The van der Waals surface area contributed by atoms with E-state index in [0.29, 0.717) is 17.3 Å². The second-order valence-corrected chi connectivity index (χ2v) is 8.80. The molecule has 168 valence electrons. The van der Waals surface area contributed by atoms with Gasteiger partial charge in [-0.2, -0.15) is 0 Å². The zero-order valence-corrected chi connectivity index (χ0v) is 19.4. The van der Waals surface area contributed by atoms with Gasteiger partial charge in [-0.15, -0.1) is 10.2 Å². The van der Waals surface area contributed by atoms with E-state index in [1.165, 1.54) is 23.9 Å². The summed E-state index contributed by atoms with van der Waals surface area (Å²) < 4.78 is 13.4. The molecule has 0 aliphatic carbocycles. The third-order valence-electron chi connectivity index (χ3n) is 5.78. The summed E-state index contributed by atoms with van der Waals surface area (Å²) >= 11 is 1.38. The lowest BCUT2D eigenvalue weighted by Crippen LogP contribution is -2.32. The van der Waals surface area contributed by atoms with Gasteiger partial charge in [-0.1, -0.05) is 72.4 Å². The number of thioether (sulfide) groups is 1. The molecule has 0 radical (unpaired) electrons. The predicted molar refractivity (Wildman–Crippen MR) is 138 cm³/mol. The van der Waals surface area contributed by atoms with Crippen LogP contribution in [0.1, 0.15) is 6.92 Å². The third-order valence-corrected chi connectivity index (χ3v) is 6.74. The normalized spacial score (nSPS) is 11.1. The molecule has 5 rings (SSSR count). The number of carbonyl (C=O) groups is 1. The number of nitrogens with zero attached hydrogens (tertiary/aromatic N) is 3. The smallest absolute Gasteiger partial charge is 0.237 e. The van der Waals surface area contributed by atoms with Gasteiger partial charge in [-0.3, -0.25) is 4.79 Å². The van der Waals surface area contributed by atoms with Gasteiger partial charge in [0.1, 0.15) is 16.5 Å². The average Bonchev–Trinajstić information content (AvgIpc) is 2.88. The number of carbonyl (C=O) groups excluding carboxylic acids is 1. The molecule has 0 bridgehead atoms. The topological polar surface area (TPSA) is 46.1 Å². The van der Waals surface area contributed by atoms with Crippen LogP contribution in [0.2, 0.25) is 0 Å². The standard InChI is InChI=1S/C28H22FN3OS/c1-2-32(25-13-7-9-19-8-3-4-10-22(19)25)26(33)18-34-28-24-12-6-5-11-23(24)27(30-31-28)20-14-16-21(29)17-15-20/h3-17H,2,18H2,1H3. The molecule has 5 aromatic rings. The summed E-state index contributed by atoms with van der Waals surface area (Å²) in [7, 11) is 0. The Balaban J connectivity index is 1.43. The maximum Gasteiger partial charge on any atom is 0.237 e. The lowest BCUT2D eigenvalue weighted by atomic mass is 10.1. The molecule has 0 atom stereocenters. The van der Waals surface area contributed by atoms with Crippen LogP contribution in [0.15, 0.2) is 96.0 Å². The Morgan fingerprint density at radius 1 is 0.824 bits per heavy atom. The summed E-state index contributed by atoms with van der Waals surface area (Å²) in [6.45, 7) is 2.56. The quantitative estimate of drug-likeness (QED) is 0.260. The fraction of sp³-hybridized carbons (Fsp3) is 0.107. The first-order chi connectivity index (χ1) is 16.7. The molecule has 0 fully saturated rings. The predicted octanol–water partition coefficient (Wildman–Crippen LogP) is 6.73. The molecular formula is C28H22FN3OS. The summed E-state index contributed by atoms with van der Waals surface area (Å²) in [4.78, 5) is 15.1. The maximum absolute atomic E-state index is 13.4. The molecule has 0 saturated carbocycles. The highest BCUT2D eigenvalue weighted by atomic mass is 32.2. The van der Waals surface area contributed by atoms with E-state index in [0.717, 1.165) is 32.8 Å². The molecule has 0 aliphatic rings. The fourth-order valence-electron chi connectivity index (χ4n) is 4.14. The average molecular weight is 468 g/mol. The van der Waals surface area contributed by atoms with Gasteiger partial charge >= 0.3 is 0 Å². The highest BCUT2D eigenvalue weighted by molar-refractivity contribution is 8.00. The number of anilines is 1. The second-order valence-electron chi connectivity index (χ2n) is 7.83. The fourth-order valence-corrected chi connectivity index (χ4v) is 4.99. The van der Waals surface area contributed by atoms with Crippen LogP contribution in [0.5, 0.6) is 0 Å². The Morgan fingerprint density at radius 2 is 1.50 bits per heavy atom. The van der Waals surface area contributed by atoms with E-state index in [9.17, 15) is 9.18 Å².